The van der Waals surface area contributed by atoms with E-state index in [1.165, 1.54) is 6.07 Å². The van der Waals surface area contributed by atoms with Gasteiger partial charge < -0.3 is 10.1 Å². The molecule has 1 unspecified atom stereocenters. The monoisotopic (exact) mass is 392 g/mol. The zero-order chi connectivity index (χ0) is 18.7. The maximum atomic E-state index is 12.6. The van der Waals surface area contributed by atoms with E-state index in [1.54, 1.807) is 55.3 Å². The van der Waals surface area contributed by atoms with Crippen molar-refractivity contribution in [3.63, 3.8) is 0 Å². The topological polar surface area (TPSA) is 84.5 Å². The third kappa shape index (κ3) is 4.20. The zero-order valence-electron chi connectivity index (χ0n) is 14.5. The van der Waals surface area contributed by atoms with Crippen LogP contribution >= 0.6 is 11.8 Å². The second-order valence-electron chi connectivity index (χ2n) is 6.03. The van der Waals surface area contributed by atoms with Gasteiger partial charge in [-0.05, 0) is 35.9 Å². The van der Waals surface area contributed by atoms with E-state index >= 15 is 0 Å². The number of carbonyl (C=O) groups is 1. The number of fused-ring (bicyclic) bond motifs is 1. The van der Waals surface area contributed by atoms with Crippen LogP contribution in [0.2, 0.25) is 0 Å². The van der Waals surface area contributed by atoms with Gasteiger partial charge in [0.05, 0.1) is 17.7 Å². The molecule has 0 fully saturated rings. The Balaban J connectivity index is 1.77. The van der Waals surface area contributed by atoms with E-state index in [1.807, 2.05) is 6.92 Å². The highest BCUT2D eigenvalue weighted by atomic mass is 32.2. The third-order valence-electron chi connectivity index (χ3n) is 4.08. The third-order valence-corrected chi connectivity index (χ3v) is 6.81. The van der Waals surface area contributed by atoms with Crippen LogP contribution in [-0.2, 0) is 21.4 Å². The van der Waals surface area contributed by atoms with Gasteiger partial charge in [0.25, 0.3) is 0 Å². The first kappa shape index (κ1) is 18.8. The van der Waals surface area contributed by atoms with Gasteiger partial charge in [-0.25, -0.2) is 13.1 Å². The normalized spacial score (nSPS) is 17.2. The lowest BCUT2D eigenvalue weighted by atomic mass is 10.2. The summed E-state index contributed by atoms with van der Waals surface area (Å²) >= 11 is 1.54. The van der Waals surface area contributed by atoms with Gasteiger partial charge in [-0.2, -0.15) is 0 Å². The molecule has 0 spiro atoms. The van der Waals surface area contributed by atoms with Crippen molar-refractivity contribution in [2.75, 3.05) is 18.2 Å². The number of rotatable bonds is 5. The van der Waals surface area contributed by atoms with Crippen molar-refractivity contribution < 1.29 is 17.9 Å². The van der Waals surface area contributed by atoms with E-state index in [-0.39, 0.29) is 23.3 Å². The lowest BCUT2D eigenvalue weighted by Crippen LogP contribution is -2.24. The Hall–Kier alpha value is -2.03. The number of hydrogen-bond acceptors (Lipinski definition) is 5. The van der Waals surface area contributed by atoms with Crippen molar-refractivity contribution in [2.24, 2.45) is 5.92 Å². The molecule has 1 amide bonds. The van der Waals surface area contributed by atoms with Gasteiger partial charge in [-0.1, -0.05) is 19.1 Å². The molecular formula is C18H20N2O4S2. The molecule has 0 aliphatic carbocycles. The van der Waals surface area contributed by atoms with E-state index < -0.39 is 10.0 Å². The van der Waals surface area contributed by atoms with Crippen molar-refractivity contribution in [1.29, 1.82) is 0 Å². The van der Waals surface area contributed by atoms with Crippen molar-refractivity contribution in [3.8, 4) is 5.75 Å². The Morgan fingerprint density at radius 1 is 1.23 bits per heavy atom. The second-order valence-corrected chi connectivity index (χ2v) is 8.86. The van der Waals surface area contributed by atoms with Crippen LogP contribution in [0.1, 0.15) is 12.5 Å². The average Bonchev–Trinajstić information content (AvgIpc) is 2.78. The largest absolute Gasteiger partial charge is 0.497 e. The molecule has 0 saturated heterocycles. The summed E-state index contributed by atoms with van der Waals surface area (Å²) in [6.45, 7) is 2.02. The Labute approximate surface area is 157 Å². The predicted octanol–water partition coefficient (Wildman–Crippen LogP) is 2.85. The summed E-state index contributed by atoms with van der Waals surface area (Å²) in [4.78, 5) is 13.0. The molecule has 2 aromatic carbocycles. The van der Waals surface area contributed by atoms with E-state index in [9.17, 15) is 13.2 Å². The zero-order valence-corrected chi connectivity index (χ0v) is 16.1. The molecule has 2 N–H and O–H groups in total. The van der Waals surface area contributed by atoms with Crippen LogP contribution in [0.15, 0.2) is 52.3 Å². The van der Waals surface area contributed by atoms with Crippen molar-refractivity contribution >= 4 is 33.4 Å². The number of thioether (sulfide) groups is 1. The minimum atomic E-state index is -3.69. The fourth-order valence-corrected chi connectivity index (χ4v) is 4.51. The van der Waals surface area contributed by atoms with Gasteiger partial charge in [-0.3, -0.25) is 4.79 Å². The summed E-state index contributed by atoms with van der Waals surface area (Å²) in [5, 5.41) is 2.81. The molecule has 1 aliphatic heterocycles. The van der Waals surface area contributed by atoms with E-state index in [4.69, 9.17) is 4.74 Å². The molecule has 6 nitrogen and oxygen atoms in total. The van der Waals surface area contributed by atoms with E-state index in [2.05, 4.69) is 10.0 Å². The Morgan fingerprint density at radius 3 is 2.65 bits per heavy atom. The molecule has 1 atom stereocenters. The minimum Gasteiger partial charge on any atom is -0.497 e. The highest BCUT2D eigenvalue weighted by Gasteiger charge is 2.22. The number of methoxy groups -OCH3 is 1. The van der Waals surface area contributed by atoms with Crippen LogP contribution in [-0.4, -0.2) is 27.2 Å². The summed E-state index contributed by atoms with van der Waals surface area (Å²) < 4.78 is 32.9. The van der Waals surface area contributed by atoms with Gasteiger partial charge in [0.2, 0.25) is 15.9 Å². The highest BCUT2D eigenvalue weighted by molar-refractivity contribution is 7.99. The van der Waals surface area contributed by atoms with Crippen LogP contribution in [0.5, 0.6) is 5.75 Å². The fourth-order valence-electron chi connectivity index (χ4n) is 2.45. The number of anilines is 1. The lowest BCUT2D eigenvalue weighted by Gasteiger charge is -2.11. The molecule has 0 aromatic heterocycles. The molecule has 8 heteroatoms. The van der Waals surface area contributed by atoms with Gasteiger partial charge >= 0.3 is 0 Å². The summed E-state index contributed by atoms with van der Waals surface area (Å²) in [6, 6.07) is 12.0. The molecule has 0 saturated carbocycles. The SMILES string of the molecule is COc1ccc(CNS(=O)(=O)c2ccc3c(c2)NC(=O)C(C)CS3)cc1. The van der Waals surface area contributed by atoms with Crippen LogP contribution in [0.25, 0.3) is 0 Å². The van der Waals surface area contributed by atoms with E-state index in [0.29, 0.717) is 17.2 Å². The fraction of sp³-hybridized carbons (Fsp3) is 0.278. The molecule has 138 valence electrons. The number of carbonyl (C=O) groups excluding carboxylic acids is 1. The standard InChI is InChI=1S/C18H20N2O4S2/c1-12-11-25-17-8-7-15(9-16(17)20-18(12)21)26(22,23)19-10-13-3-5-14(24-2)6-4-13/h3-9,12,19H,10-11H2,1-2H3,(H,20,21). The van der Waals surface area contributed by atoms with Gasteiger partial charge in [-0.15, -0.1) is 11.8 Å². The number of amides is 1. The summed E-state index contributed by atoms with van der Waals surface area (Å²) in [7, 11) is -2.12. The molecule has 1 aliphatic rings. The maximum Gasteiger partial charge on any atom is 0.240 e. The van der Waals surface area contributed by atoms with Gasteiger partial charge in [0, 0.05) is 23.1 Å². The van der Waals surface area contributed by atoms with Crippen molar-refractivity contribution in [2.45, 2.75) is 23.3 Å². The summed E-state index contributed by atoms with van der Waals surface area (Å²) in [5.41, 5.74) is 1.36. The smallest absolute Gasteiger partial charge is 0.240 e. The number of nitrogens with one attached hydrogen (secondary N) is 2. The Kier molecular flexibility index (Phi) is 5.55. The quantitative estimate of drug-likeness (QED) is 0.817. The summed E-state index contributed by atoms with van der Waals surface area (Å²) in [6.07, 6.45) is 0. The highest BCUT2D eigenvalue weighted by Crippen LogP contribution is 2.34. The number of hydrogen-bond donors (Lipinski definition) is 2. The average molecular weight is 393 g/mol. The molecule has 26 heavy (non-hydrogen) atoms. The molecule has 0 radical (unpaired) electrons. The van der Waals surface area contributed by atoms with Crippen LogP contribution in [0.3, 0.4) is 0 Å². The lowest BCUT2D eigenvalue weighted by molar-refractivity contribution is -0.118. The van der Waals surface area contributed by atoms with Crippen LogP contribution in [0, 0.1) is 5.92 Å². The van der Waals surface area contributed by atoms with Crippen LogP contribution in [0.4, 0.5) is 5.69 Å². The minimum absolute atomic E-state index is 0.100. The molecule has 1 heterocycles. The number of benzene rings is 2. The Morgan fingerprint density at radius 2 is 1.96 bits per heavy atom. The first-order valence-electron chi connectivity index (χ1n) is 8.09. The van der Waals surface area contributed by atoms with E-state index in [0.717, 1.165) is 10.5 Å². The Bertz CT molecular complexity index is 911. The van der Waals surface area contributed by atoms with Gasteiger partial charge in [0.15, 0.2) is 0 Å². The summed E-state index contributed by atoms with van der Waals surface area (Å²) in [5.74, 6) is 1.16. The molecular weight excluding hydrogens is 372 g/mol. The first-order valence-corrected chi connectivity index (χ1v) is 10.6. The second kappa shape index (κ2) is 7.69. The molecule has 0 bridgehead atoms. The number of sulfonamides is 1. The van der Waals surface area contributed by atoms with Gasteiger partial charge in [0.1, 0.15) is 5.75 Å². The van der Waals surface area contributed by atoms with Crippen LogP contribution < -0.4 is 14.8 Å². The number of ether oxygens (including phenoxy) is 1. The van der Waals surface area contributed by atoms with Crippen molar-refractivity contribution in [1.82, 2.24) is 4.72 Å². The maximum absolute atomic E-state index is 12.6. The molecule has 2 aromatic rings. The van der Waals surface area contributed by atoms with Crippen molar-refractivity contribution in [3.05, 3.63) is 48.0 Å². The first-order chi connectivity index (χ1) is 12.4. The predicted molar refractivity (Wildman–Crippen MR) is 102 cm³/mol. The molecule has 3 rings (SSSR count).